The highest BCUT2D eigenvalue weighted by Crippen LogP contribution is 2.42. The van der Waals surface area contributed by atoms with Gasteiger partial charge in [0.2, 0.25) is 17.9 Å². The molecule has 37 heavy (non-hydrogen) atoms. The van der Waals surface area contributed by atoms with Crippen molar-refractivity contribution in [2.45, 2.75) is 13.0 Å². The number of aliphatic carboxylic acids is 1. The third-order valence-electron chi connectivity index (χ3n) is 5.85. The van der Waals surface area contributed by atoms with Crippen LogP contribution in [0.5, 0.6) is 5.75 Å². The third-order valence-corrected chi connectivity index (χ3v) is 8.01. The number of carbonyl (C=O) groups is 1. The molecule has 0 unspecified atom stereocenters. The highest BCUT2D eigenvalue weighted by Gasteiger charge is 2.30. The standard InChI is InChI=1S/C26H21ClN2O6S2/c27-19-8-10-23-21(14-19)29(16-26(30)31)25(36-23)15-24-28(11-4-12-37(32,33)34)20-13-18(7-9-22(20)35-24)17-5-2-1-3-6-17/h1-3,5-10,13-15H,4,11-12,16H2,(H-,30,31,32,33,34)/p+1. The predicted octanol–water partition coefficient (Wildman–Crippen LogP) is 5.07. The average Bonchev–Trinajstić information content (AvgIpc) is 3.35. The zero-order valence-electron chi connectivity index (χ0n) is 19.4. The molecular formula is C26H22ClN2O6S2+. The highest BCUT2D eigenvalue weighted by molar-refractivity contribution is 7.85. The first-order valence-corrected chi connectivity index (χ1v) is 14.1. The van der Waals surface area contributed by atoms with Gasteiger partial charge < -0.3 is 14.7 Å². The summed E-state index contributed by atoms with van der Waals surface area (Å²) in [5, 5.41) is 10.7. The Morgan fingerprint density at radius 1 is 1.08 bits per heavy atom. The van der Waals surface area contributed by atoms with Crippen LogP contribution in [0.15, 0.2) is 72.6 Å². The molecule has 2 heterocycles. The smallest absolute Gasteiger partial charge is 0.370 e. The second-order valence-electron chi connectivity index (χ2n) is 8.46. The Kier molecular flexibility index (Phi) is 6.91. The van der Waals surface area contributed by atoms with Crippen molar-refractivity contribution in [2.75, 3.05) is 17.2 Å². The topological polar surface area (TPSA) is 108 Å². The lowest BCUT2D eigenvalue weighted by atomic mass is 10.0. The van der Waals surface area contributed by atoms with Crippen LogP contribution in [0.3, 0.4) is 0 Å². The van der Waals surface area contributed by atoms with E-state index in [4.69, 9.17) is 16.3 Å². The van der Waals surface area contributed by atoms with Crippen molar-refractivity contribution < 1.29 is 32.2 Å². The summed E-state index contributed by atoms with van der Waals surface area (Å²) in [5.74, 6) is -0.387. The first-order valence-electron chi connectivity index (χ1n) is 11.3. The molecule has 0 fully saturated rings. The molecule has 8 nitrogen and oxygen atoms in total. The van der Waals surface area contributed by atoms with E-state index in [2.05, 4.69) is 0 Å². The van der Waals surface area contributed by atoms with Crippen molar-refractivity contribution in [1.82, 2.24) is 0 Å². The third kappa shape index (κ3) is 5.62. The van der Waals surface area contributed by atoms with Crippen molar-refractivity contribution in [3.05, 3.63) is 82.6 Å². The van der Waals surface area contributed by atoms with Gasteiger partial charge in [-0.25, -0.2) is 4.79 Å². The number of carboxylic acids is 1. The van der Waals surface area contributed by atoms with Gasteiger partial charge >= 0.3 is 5.97 Å². The molecule has 0 saturated heterocycles. The maximum atomic E-state index is 11.6. The lowest BCUT2D eigenvalue weighted by Crippen LogP contribution is -2.39. The minimum Gasteiger partial charge on any atom is -0.477 e. The number of anilines is 1. The van der Waals surface area contributed by atoms with Gasteiger partial charge in [-0.1, -0.05) is 59.3 Å². The minimum atomic E-state index is -4.13. The molecule has 0 atom stereocenters. The number of halogens is 1. The van der Waals surface area contributed by atoms with Gasteiger partial charge in [0.05, 0.1) is 17.5 Å². The summed E-state index contributed by atoms with van der Waals surface area (Å²) < 4.78 is 40.6. The van der Waals surface area contributed by atoms with E-state index >= 15 is 0 Å². The average molecular weight is 558 g/mol. The number of fused-ring (bicyclic) bond motifs is 2. The van der Waals surface area contributed by atoms with Crippen LogP contribution in [0, 0.1) is 0 Å². The Morgan fingerprint density at radius 3 is 2.59 bits per heavy atom. The second kappa shape index (κ2) is 10.1. The second-order valence-corrected chi connectivity index (χ2v) is 11.5. The molecule has 0 saturated carbocycles. The van der Waals surface area contributed by atoms with Gasteiger partial charge in [0.15, 0.2) is 5.75 Å². The molecule has 0 bridgehead atoms. The number of thiazole rings is 1. The molecule has 1 aromatic heterocycles. The lowest BCUT2D eigenvalue weighted by molar-refractivity contribution is -0.657. The number of benzene rings is 3. The summed E-state index contributed by atoms with van der Waals surface area (Å²) >= 11 is 7.57. The van der Waals surface area contributed by atoms with Crippen LogP contribution in [0.25, 0.3) is 27.4 Å². The van der Waals surface area contributed by atoms with E-state index in [1.807, 2.05) is 59.5 Å². The van der Waals surface area contributed by atoms with E-state index in [9.17, 15) is 22.9 Å². The maximum Gasteiger partial charge on any atom is 0.370 e. The summed E-state index contributed by atoms with van der Waals surface area (Å²) in [6, 6.07) is 20.9. The molecular weight excluding hydrogens is 536 g/mol. The molecule has 5 rings (SSSR count). The molecule has 0 amide bonds. The monoisotopic (exact) mass is 557 g/mol. The van der Waals surface area contributed by atoms with Gasteiger partial charge in [0.25, 0.3) is 15.1 Å². The number of nitrogens with zero attached hydrogens (tertiary/aromatic N) is 2. The normalized spacial score (nSPS) is 14.2. The van der Waals surface area contributed by atoms with Crippen LogP contribution in [0.2, 0.25) is 5.02 Å². The largest absolute Gasteiger partial charge is 0.477 e. The molecule has 2 N–H and O–H groups in total. The van der Waals surface area contributed by atoms with Crippen LogP contribution in [-0.4, -0.2) is 36.3 Å². The van der Waals surface area contributed by atoms with Crippen molar-refractivity contribution >= 4 is 61.0 Å². The fourth-order valence-corrected chi connectivity index (χ4v) is 5.97. The van der Waals surface area contributed by atoms with Gasteiger partial charge in [-0.05, 0) is 41.8 Å². The van der Waals surface area contributed by atoms with Crippen LogP contribution in [-0.2, 0) is 21.5 Å². The summed E-state index contributed by atoms with van der Waals surface area (Å²) in [6.07, 6.45) is 1.91. The molecule has 11 heteroatoms. The molecule has 0 spiro atoms. The summed E-state index contributed by atoms with van der Waals surface area (Å²) in [7, 11) is -4.13. The highest BCUT2D eigenvalue weighted by atomic mass is 35.5. The van der Waals surface area contributed by atoms with Gasteiger partial charge in [-0.3, -0.25) is 4.55 Å². The van der Waals surface area contributed by atoms with Gasteiger partial charge in [0, 0.05) is 17.6 Å². The Balaban J connectivity index is 1.58. The Hall–Kier alpha value is -3.44. The molecule has 0 aliphatic carbocycles. The first-order chi connectivity index (χ1) is 17.7. The Morgan fingerprint density at radius 2 is 1.86 bits per heavy atom. The van der Waals surface area contributed by atoms with Crippen molar-refractivity contribution in [1.29, 1.82) is 0 Å². The number of rotatable bonds is 8. The summed E-state index contributed by atoms with van der Waals surface area (Å²) in [4.78, 5) is 13.5. The van der Waals surface area contributed by atoms with E-state index in [0.717, 1.165) is 21.5 Å². The Bertz CT molecular complexity index is 1630. The molecule has 1 aliphatic heterocycles. The van der Waals surface area contributed by atoms with Crippen LogP contribution >= 0.6 is 22.9 Å². The van der Waals surface area contributed by atoms with E-state index in [0.29, 0.717) is 27.2 Å². The van der Waals surface area contributed by atoms with Crippen LogP contribution in [0.1, 0.15) is 11.4 Å². The van der Waals surface area contributed by atoms with E-state index in [-0.39, 0.29) is 19.5 Å². The van der Waals surface area contributed by atoms with E-state index < -0.39 is 21.8 Å². The molecule has 0 radical (unpaired) electrons. The minimum absolute atomic E-state index is 0.158. The van der Waals surface area contributed by atoms with Gasteiger partial charge in [-0.2, -0.15) is 13.0 Å². The number of aromatic nitrogens is 1. The van der Waals surface area contributed by atoms with E-state index in [1.165, 1.54) is 11.3 Å². The van der Waals surface area contributed by atoms with Gasteiger partial charge in [0.1, 0.15) is 4.70 Å². The number of hydrogen-bond acceptors (Lipinski definition) is 6. The molecule has 190 valence electrons. The zero-order valence-corrected chi connectivity index (χ0v) is 21.8. The molecule has 3 aromatic carbocycles. The predicted molar refractivity (Wildman–Crippen MR) is 144 cm³/mol. The summed E-state index contributed by atoms with van der Waals surface area (Å²) in [5.41, 5.74) is 3.41. The quantitative estimate of drug-likeness (QED) is 0.230. The molecule has 4 aromatic rings. The fraction of sp³-hybridized carbons (Fsp3) is 0.154. The number of carboxylic acid groups (broad SMARTS) is 1. The lowest BCUT2D eigenvalue weighted by Gasteiger charge is -2.18. The van der Waals surface area contributed by atoms with E-state index in [1.54, 1.807) is 22.8 Å². The van der Waals surface area contributed by atoms with Crippen molar-refractivity contribution in [2.24, 2.45) is 0 Å². The maximum absolute atomic E-state index is 11.6. The SMILES string of the molecule is O=C(O)C[n+]1c(/C=C2\Oc3ccc(-c4ccccc4)cc3N2CCCS(=O)(=O)O)sc2ccc(Cl)cc21. The number of hydrogen-bond donors (Lipinski definition) is 2. The molecule has 1 aliphatic rings. The van der Waals surface area contributed by atoms with Crippen molar-refractivity contribution in [3.63, 3.8) is 0 Å². The van der Waals surface area contributed by atoms with Crippen LogP contribution in [0.4, 0.5) is 5.69 Å². The van der Waals surface area contributed by atoms with Crippen molar-refractivity contribution in [3.8, 4) is 16.9 Å². The Labute approximate surface area is 222 Å². The number of ether oxygens (including phenoxy) is 1. The zero-order chi connectivity index (χ0) is 26.2. The fourth-order valence-electron chi connectivity index (χ4n) is 4.24. The van der Waals surface area contributed by atoms with Crippen LogP contribution < -0.4 is 14.2 Å². The summed E-state index contributed by atoms with van der Waals surface area (Å²) in [6.45, 7) is -0.0141. The van der Waals surface area contributed by atoms with Gasteiger partial charge in [-0.15, -0.1) is 0 Å². The first kappa shape index (κ1) is 25.2.